The maximum atomic E-state index is 7.69. The van der Waals surface area contributed by atoms with E-state index in [0.717, 1.165) is 32.9 Å². The molecule has 0 aliphatic rings. The number of pyridine rings is 1. The number of nitrogens with one attached hydrogen (secondary N) is 1. The summed E-state index contributed by atoms with van der Waals surface area (Å²) in [6.07, 6.45) is 0.824. The van der Waals surface area contributed by atoms with Crippen molar-refractivity contribution in [3.63, 3.8) is 0 Å². The quantitative estimate of drug-likeness (QED) is 0.668. The minimum atomic E-state index is 0.0349. The summed E-state index contributed by atoms with van der Waals surface area (Å²) in [6, 6.07) is 1.93. The van der Waals surface area contributed by atoms with E-state index in [0.29, 0.717) is 5.56 Å². The molecule has 0 bridgehead atoms. The Morgan fingerprint density at radius 3 is 2.74 bits per heavy atom. The van der Waals surface area contributed by atoms with Gasteiger partial charge in [0, 0.05) is 22.7 Å². The van der Waals surface area contributed by atoms with E-state index in [9.17, 15) is 0 Å². The number of aryl methyl sites for hydroxylation is 3. The smallest absolute Gasteiger partial charge is 0.174 e. The van der Waals surface area contributed by atoms with Crippen LogP contribution in [-0.2, 0) is 6.42 Å². The average molecular weight is 293 g/mol. The molecule has 19 heavy (non-hydrogen) atoms. The Hall–Kier alpha value is -1.47. The van der Waals surface area contributed by atoms with Crippen molar-refractivity contribution in [2.24, 2.45) is 5.73 Å². The Labute approximate surface area is 120 Å². The van der Waals surface area contributed by atoms with E-state index in [4.69, 9.17) is 11.1 Å². The number of nitrogen functional groups attached to an aromatic ring is 1. The molecular weight excluding hydrogens is 278 g/mol. The molecule has 0 saturated heterocycles. The summed E-state index contributed by atoms with van der Waals surface area (Å²) in [5.74, 6) is 0.882. The summed E-state index contributed by atoms with van der Waals surface area (Å²) in [4.78, 5) is 9.69. The number of aromatic nitrogens is 3. The van der Waals surface area contributed by atoms with Gasteiger partial charge < -0.3 is 5.73 Å². The first kappa shape index (κ1) is 14.0. The van der Waals surface area contributed by atoms with Gasteiger partial charge >= 0.3 is 0 Å². The predicted octanol–water partition coefficient (Wildman–Crippen LogP) is 2.55. The van der Waals surface area contributed by atoms with Gasteiger partial charge in [0.2, 0.25) is 0 Å². The Morgan fingerprint density at radius 1 is 1.42 bits per heavy atom. The van der Waals surface area contributed by atoms with Crippen LogP contribution in [0.5, 0.6) is 0 Å². The maximum Gasteiger partial charge on any atom is 0.174 e. The van der Waals surface area contributed by atoms with Crippen molar-refractivity contribution in [3.8, 4) is 0 Å². The van der Waals surface area contributed by atoms with Crippen molar-refractivity contribution < 1.29 is 0 Å². The maximum absolute atomic E-state index is 7.69. The fraction of sp³-hybridized carbons (Fsp3) is 0.333. The first-order valence-corrected chi connectivity index (χ1v) is 7.43. The van der Waals surface area contributed by atoms with E-state index in [1.54, 1.807) is 0 Å². The molecule has 0 saturated carbocycles. The van der Waals surface area contributed by atoms with Crippen molar-refractivity contribution in [3.05, 3.63) is 28.8 Å². The van der Waals surface area contributed by atoms with Gasteiger partial charge in [-0.25, -0.2) is 4.98 Å². The molecule has 2 rings (SSSR count). The molecule has 0 aromatic carbocycles. The van der Waals surface area contributed by atoms with Crippen molar-refractivity contribution in [2.75, 3.05) is 0 Å². The molecule has 0 amide bonds. The molecule has 2 aromatic heterocycles. The summed E-state index contributed by atoms with van der Waals surface area (Å²) in [5, 5.41) is 7.69. The zero-order valence-electron chi connectivity index (χ0n) is 11.0. The zero-order chi connectivity index (χ0) is 14.0. The lowest BCUT2D eigenvalue weighted by molar-refractivity contribution is 0.971. The highest BCUT2D eigenvalue weighted by atomic mass is 32.2. The lowest BCUT2D eigenvalue weighted by atomic mass is 10.1. The van der Waals surface area contributed by atoms with Gasteiger partial charge in [-0.05, 0) is 31.4 Å². The molecular formula is C12H15N5S2. The van der Waals surface area contributed by atoms with Crippen molar-refractivity contribution in [2.45, 2.75) is 36.4 Å². The highest BCUT2D eigenvalue weighted by molar-refractivity contribution is 8.01. The summed E-state index contributed by atoms with van der Waals surface area (Å²) in [6.45, 7) is 5.82. The highest BCUT2D eigenvalue weighted by Crippen LogP contribution is 2.32. The van der Waals surface area contributed by atoms with Crippen molar-refractivity contribution >= 4 is 29.1 Å². The number of hydrogen-bond donors (Lipinski definition) is 2. The van der Waals surface area contributed by atoms with Gasteiger partial charge in [-0.1, -0.05) is 18.7 Å². The third kappa shape index (κ3) is 3.10. The van der Waals surface area contributed by atoms with Crippen molar-refractivity contribution in [1.29, 1.82) is 5.41 Å². The molecule has 3 N–H and O–H groups in total. The predicted molar refractivity (Wildman–Crippen MR) is 78.1 cm³/mol. The Morgan fingerprint density at radius 2 is 2.16 bits per heavy atom. The molecule has 0 atom stereocenters. The van der Waals surface area contributed by atoms with Gasteiger partial charge in [-0.3, -0.25) is 10.4 Å². The average Bonchev–Trinajstić information content (AvgIpc) is 2.75. The molecule has 7 heteroatoms. The Balaban J connectivity index is 2.40. The van der Waals surface area contributed by atoms with E-state index < -0.39 is 0 Å². The minimum Gasteiger partial charge on any atom is -0.384 e. The molecule has 0 spiro atoms. The van der Waals surface area contributed by atoms with E-state index >= 15 is 0 Å². The van der Waals surface area contributed by atoms with E-state index in [2.05, 4.69) is 14.3 Å². The molecule has 2 heterocycles. The molecule has 2 aromatic rings. The Kier molecular flexibility index (Phi) is 4.16. The largest absolute Gasteiger partial charge is 0.384 e. The van der Waals surface area contributed by atoms with Crippen LogP contribution < -0.4 is 5.73 Å². The SMILES string of the molecule is CCc1nsc(Sc2cc(C)nc(C)c2C(=N)N)n1. The lowest BCUT2D eigenvalue weighted by Gasteiger charge is -2.10. The molecule has 0 fully saturated rings. The van der Waals surface area contributed by atoms with Gasteiger partial charge in [0.15, 0.2) is 4.34 Å². The Bertz CT molecular complexity index is 621. The van der Waals surface area contributed by atoms with E-state index in [-0.39, 0.29) is 5.84 Å². The first-order valence-electron chi connectivity index (χ1n) is 5.84. The molecule has 0 unspecified atom stereocenters. The topological polar surface area (TPSA) is 88.5 Å². The van der Waals surface area contributed by atoms with Crippen LogP contribution in [0, 0.1) is 19.3 Å². The van der Waals surface area contributed by atoms with Gasteiger partial charge in [-0.15, -0.1) is 0 Å². The second-order valence-electron chi connectivity index (χ2n) is 4.07. The lowest BCUT2D eigenvalue weighted by Crippen LogP contribution is -2.15. The summed E-state index contributed by atoms with van der Waals surface area (Å²) >= 11 is 2.86. The van der Waals surface area contributed by atoms with Crippen LogP contribution in [-0.4, -0.2) is 20.2 Å². The van der Waals surface area contributed by atoms with Crippen LogP contribution in [0.3, 0.4) is 0 Å². The van der Waals surface area contributed by atoms with E-state index in [1.807, 2.05) is 26.8 Å². The van der Waals surface area contributed by atoms with Gasteiger partial charge in [0.25, 0.3) is 0 Å². The summed E-state index contributed by atoms with van der Waals surface area (Å²) in [5.41, 5.74) is 8.01. The zero-order valence-corrected chi connectivity index (χ0v) is 12.7. The molecule has 0 radical (unpaired) electrons. The number of nitrogens with two attached hydrogens (primary N) is 1. The summed E-state index contributed by atoms with van der Waals surface area (Å²) in [7, 11) is 0. The number of rotatable bonds is 4. The van der Waals surface area contributed by atoms with Crippen LogP contribution in [0.1, 0.15) is 29.7 Å². The second-order valence-corrected chi connectivity index (χ2v) is 6.11. The van der Waals surface area contributed by atoms with Crippen molar-refractivity contribution in [1.82, 2.24) is 14.3 Å². The number of nitrogens with zero attached hydrogens (tertiary/aromatic N) is 3. The minimum absolute atomic E-state index is 0.0349. The van der Waals surface area contributed by atoms with Crippen LogP contribution in [0.25, 0.3) is 0 Å². The van der Waals surface area contributed by atoms with Gasteiger partial charge in [0.05, 0.1) is 5.56 Å². The first-order chi connectivity index (χ1) is 9.01. The number of hydrogen-bond acceptors (Lipinski definition) is 6. The fourth-order valence-corrected chi connectivity index (χ4v) is 3.68. The standard InChI is InChI=1S/C12H15N5S2/c1-4-9-16-12(19-17-9)18-8-5-6(2)15-7(3)10(8)11(13)14/h5H,4H2,1-3H3,(H3,13,14). The second kappa shape index (κ2) is 5.66. The molecule has 100 valence electrons. The third-order valence-corrected chi connectivity index (χ3v) is 4.36. The molecule has 0 aliphatic carbocycles. The van der Waals surface area contributed by atoms with Crippen LogP contribution in [0.4, 0.5) is 0 Å². The number of amidine groups is 1. The van der Waals surface area contributed by atoms with Gasteiger partial charge in [-0.2, -0.15) is 4.37 Å². The van der Waals surface area contributed by atoms with Crippen LogP contribution in [0.2, 0.25) is 0 Å². The highest BCUT2D eigenvalue weighted by Gasteiger charge is 2.14. The van der Waals surface area contributed by atoms with Gasteiger partial charge in [0.1, 0.15) is 11.7 Å². The monoisotopic (exact) mass is 293 g/mol. The van der Waals surface area contributed by atoms with Crippen LogP contribution in [0.15, 0.2) is 15.3 Å². The van der Waals surface area contributed by atoms with E-state index in [1.165, 1.54) is 23.3 Å². The fourth-order valence-electron chi connectivity index (χ4n) is 1.72. The van der Waals surface area contributed by atoms with Crippen LogP contribution >= 0.6 is 23.3 Å². The summed E-state index contributed by atoms with van der Waals surface area (Å²) < 4.78 is 5.12. The third-order valence-electron chi connectivity index (χ3n) is 2.52. The normalized spacial score (nSPS) is 10.7. The molecule has 5 nitrogen and oxygen atoms in total. The molecule has 0 aliphatic heterocycles.